The van der Waals surface area contributed by atoms with Crippen molar-refractivity contribution in [2.24, 2.45) is 0 Å². The molecule has 1 saturated heterocycles. The molecule has 0 radical (unpaired) electrons. The van der Waals surface area contributed by atoms with Crippen molar-refractivity contribution in [2.75, 3.05) is 37.6 Å². The third-order valence-electron chi connectivity index (χ3n) is 4.92. The number of amides is 1. The number of aryl methyl sites for hydroxylation is 1. The number of fused-ring (bicyclic) bond motifs is 1. The number of nitrogens with zero attached hydrogens (tertiary/aromatic N) is 3. The van der Waals surface area contributed by atoms with E-state index in [9.17, 15) is 4.79 Å². The fraction of sp³-hybridized carbons (Fsp3) is 0.474. The highest BCUT2D eigenvalue weighted by atomic mass is 16.2. The summed E-state index contributed by atoms with van der Waals surface area (Å²) in [5.41, 5.74) is 2.32. The third-order valence-corrected chi connectivity index (χ3v) is 4.92. The van der Waals surface area contributed by atoms with Gasteiger partial charge in [0.2, 0.25) is 5.91 Å². The lowest BCUT2D eigenvalue weighted by molar-refractivity contribution is -0.122. The van der Waals surface area contributed by atoms with Gasteiger partial charge in [-0.3, -0.25) is 9.69 Å². The molecule has 2 aromatic rings. The number of carbonyl (C=O) groups is 1. The zero-order valence-corrected chi connectivity index (χ0v) is 14.2. The summed E-state index contributed by atoms with van der Waals surface area (Å²) in [7, 11) is 0. The van der Waals surface area contributed by atoms with Crippen LogP contribution in [0.15, 0.2) is 30.3 Å². The molecule has 1 aromatic carbocycles. The molecule has 2 aliphatic rings. The van der Waals surface area contributed by atoms with Crippen molar-refractivity contribution in [1.82, 2.24) is 15.2 Å². The van der Waals surface area contributed by atoms with Gasteiger partial charge < -0.3 is 10.2 Å². The zero-order chi connectivity index (χ0) is 16.5. The normalized spacial score (nSPS) is 18.8. The lowest BCUT2D eigenvalue weighted by Crippen LogP contribution is -2.50. The van der Waals surface area contributed by atoms with Gasteiger partial charge in [0.15, 0.2) is 0 Å². The van der Waals surface area contributed by atoms with E-state index in [1.165, 1.54) is 10.9 Å². The van der Waals surface area contributed by atoms with Crippen molar-refractivity contribution in [3.8, 4) is 0 Å². The summed E-state index contributed by atoms with van der Waals surface area (Å²) in [5, 5.41) is 4.28. The predicted octanol–water partition coefficient (Wildman–Crippen LogP) is 1.94. The van der Waals surface area contributed by atoms with Crippen LogP contribution in [-0.2, 0) is 4.79 Å². The number of pyridine rings is 1. The Morgan fingerprint density at radius 3 is 2.71 bits per heavy atom. The van der Waals surface area contributed by atoms with E-state index in [4.69, 9.17) is 4.98 Å². The Hall–Kier alpha value is -2.14. The lowest BCUT2D eigenvalue weighted by atomic mass is 10.1. The van der Waals surface area contributed by atoms with Gasteiger partial charge in [0.05, 0.1) is 12.1 Å². The van der Waals surface area contributed by atoms with Crippen molar-refractivity contribution < 1.29 is 4.79 Å². The van der Waals surface area contributed by atoms with E-state index in [2.05, 4.69) is 46.3 Å². The fourth-order valence-corrected chi connectivity index (χ4v) is 3.33. The number of benzene rings is 1. The number of nitrogens with one attached hydrogen (secondary N) is 1. The van der Waals surface area contributed by atoms with Gasteiger partial charge in [-0.15, -0.1) is 0 Å². The molecular formula is C19H24N4O. The molecule has 2 heterocycles. The molecule has 1 aliphatic heterocycles. The summed E-state index contributed by atoms with van der Waals surface area (Å²) in [5.74, 6) is 1.22. The van der Waals surface area contributed by atoms with Gasteiger partial charge in [-0.05, 0) is 37.5 Å². The molecule has 4 rings (SSSR count). The van der Waals surface area contributed by atoms with Crippen LogP contribution in [0.1, 0.15) is 18.4 Å². The maximum absolute atomic E-state index is 11.9. The quantitative estimate of drug-likeness (QED) is 0.934. The number of anilines is 1. The van der Waals surface area contributed by atoms with Gasteiger partial charge in [0.25, 0.3) is 0 Å². The molecule has 24 heavy (non-hydrogen) atoms. The highest BCUT2D eigenvalue weighted by molar-refractivity contribution is 5.83. The van der Waals surface area contributed by atoms with E-state index in [1.807, 2.05) is 6.07 Å². The van der Waals surface area contributed by atoms with Gasteiger partial charge in [-0.2, -0.15) is 0 Å². The topological polar surface area (TPSA) is 48.5 Å². The summed E-state index contributed by atoms with van der Waals surface area (Å²) < 4.78 is 0. The number of aromatic nitrogens is 1. The molecule has 126 valence electrons. The molecule has 0 bridgehead atoms. The highest BCUT2D eigenvalue weighted by Gasteiger charge is 2.25. The van der Waals surface area contributed by atoms with Crippen LogP contribution in [0.2, 0.25) is 0 Å². The van der Waals surface area contributed by atoms with Gasteiger partial charge in [0, 0.05) is 37.6 Å². The fourth-order valence-electron chi connectivity index (χ4n) is 3.33. The average molecular weight is 324 g/mol. The summed E-state index contributed by atoms with van der Waals surface area (Å²) in [6.45, 7) is 6.32. The van der Waals surface area contributed by atoms with Crippen LogP contribution < -0.4 is 10.2 Å². The minimum absolute atomic E-state index is 0.172. The first-order valence-electron chi connectivity index (χ1n) is 8.82. The number of para-hydroxylation sites is 1. The standard InChI is InChI=1S/C19H24N4O/c1-14-12-18(21-17-5-3-2-4-16(14)17)23-10-8-22(9-11-23)13-19(24)20-15-6-7-15/h2-5,12,15H,6-11,13H2,1H3,(H,20,24). The molecule has 1 amide bonds. The van der Waals surface area contributed by atoms with Crippen LogP contribution in [0.5, 0.6) is 0 Å². The molecule has 1 N–H and O–H groups in total. The monoisotopic (exact) mass is 324 g/mol. The van der Waals surface area contributed by atoms with Gasteiger partial charge in [0.1, 0.15) is 5.82 Å². The van der Waals surface area contributed by atoms with Crippen molar-refractivity contribution in [3.63, 3.8) is 0 Å². The minimum Gasteiger partial charge on any atom is -0.354 e. The van der Waals surface area contributed by atoms with E-state index >= 15 is 0 Å². The van der Waals surface area contributed by atoms with Crippen LogP contribution in [0.4, 0.5) is 5.82 Å². The van der Waals surface area contributed by atoms with E-state index in [-0.39, 0.29) is 5.91 Å². The van der Waals surface area contributed by atoms with Crippen LogP contribution in [0.25, 0.3) is 10.9 Å². The number of piperazine rings is 1. The van der Waals surface area contributed by atoms with E-state index in [1.54, 1.807) is 0 Å². The molecule has 1 saturated carbocycles. The summed E-state index contributed by atoms with van der Waals surface area (Å²) in [6.07, 6.45) is 2.29. The molecular weight excluding hydrogens is 300 g/mol. The zero-order valence-electron chi connectivity index (χ0n) is 14.2. The molecule has 1 aliphatic carbocycles. The average Bonchev–Trinajstić information content (AvgIpc) is 3.39. The van der Waals surface area contributed by atoms with Crippen molar-refractivity contribution in [2.45, 2.75) is 25.8 Å². The molecule has 0 atom stereocenters. The van der Waals surface area contributed by atoms with Crippen molar-refractivity contribution in [3.05, 3.63) is 35.9 Å². The van der Waals surface area contributed by atoms with Crippen LogP contribution in [0.3, 0.4) is 0 Å². The maximum Gasteiger partial charge on any atom is 0.234 e. The Balaban J connectivity index is 1.39. The SMILES string of the molecule is Cc1cc(N2CCN(CC(=O)NC3CC3)CC2)nc2ccccc12. The Bertz CT molecular complexity index is 748. The second-order valence-corrected chi connectivity index (χ2v) is 6.92. The minimum atomic E-state index is 0.172. The second kappa shape index (κ2) is 6.40. The van der Waals surface area contributed by atoms with Gasteiger partial charge >= 0.3 is 0 Å². The smallest absolute Gasteiger partial charge is 0.234 e. The number of carbonyl (C=O) groups excluding carboxylic acids is 1. The first-order chi connectivity index (χ1) is 11.7. The summed E-state index contributed by atoms with van der Waals surface area (Å²) in [4.78, 5) is 21.3. The first-order valence-corrected chi connectivity index (χ1v) is 8.82. The largest absolute Gasteiger partial charge is 0.354 e. The summed E-state index contributed by atoms with van der Waals surface area (Å²) >= 11 is 0. The highest BCUT2D eigenvalue weighted by Crippen LogP contribution is 2.23. The molecule has 0 unspecified atom stereocenters. The summed E-state index contributed by atoms with van der Waals surface area (Å²) in [6, 6.07) is 10.9. The Kier molecular flexibility index (Phi) is 4.10. The predicted molar refractivity (Wildman–Crippen MR) is 96.3 cm³/mol. The van der Waals surface area contributed by atoms with E-state index in [0.29, 0.717) is 12.6 Å². The lowest BCUT2D eigenvalue weighted by Gasteiger charge is -2.35. The second-order valence-electron chi connectivity index (χ2n) is 6.92. The van der Waals surface area contributed by atoms with Crippen molar-refractivity contribution in [1.29, 1.82) is 0 Å². The number of hydrogen-bond donors (Lipinski definition) is 1. The Labute approximate surface area is 142 Å². The van der Waals surface area contributed by atoms with E-state index in [0.717, 1.165) is 50.4 Å². The molecule has 5 heteroatoms. The van der Waals surface area contributed by atoms with Crippen LogP contribution >= 0.6 is 0 Å². The van der Waals surface area contributed by atoms with Crippen molar-refractivity contribution >= 4 is 22.6 Å². The first kappa shape index (κ1) is 15.4. The molecule has 5 nitrogen and oxygen atoms in total. The molecule has 0 spiro atoms. The Morgan fingerprint density at radius 2 is 1.96 bits per heavy atom. The van der Waals surface area contributed by atoms with Crippen LogP contribution in [-0.4, -0.2) is 54.6 Å². The van der Waals surface area contributed by atoms with Crippen LogP contribution in [0, 0.1) is 6.92 Å². The van der Waals surface area contributed by atoms with E-state index < -0.39 is 0 Å². The molecule has 1 aromatic heterocycles. The van der Waals surface area contributed by atoms with Gasteiger partial charge in [-0.1, -0.05) is 18.2 Å². The Morgan fingerprint density at radius 1 is 1.21 bits per heavy atom. The maximum atomic E-state index is 11.9. The number of rotatable bonds is 4. The molecule has 2 fully saturated rings. The third kappa shape index (κ3) is 3.36. The van der Waals surface area contributed by atoms with Gasteiger partial charge in [-0.25, -0.2) is 4.98 Å². The number of hydrogen-bond acceptors (Lipinski definition) is 4.